The van der Waals surface area contributed by atoms with Crippen molar-refractivity contribution in [3.05, 3.63) is 30.1 Å². The first-order valence-corrected chi connectivity index (χ1v) is 4.53. The van der Waals surface area contributed by atoms with Gasteiger partial charge in [0.2, 0.25) is 0 Å². The lowest BCUT2D eigenvalue weighted by molar-refractivity contribution is 0.860. The van der Waals surface area contributed by atoms with Gasteiger partial charge in [0.15, 0.2) is 0 Å². The summed E-state index contributed by atoms with van der Waals surface area (Å²) in [5.41, 5.74) is 7.83. The Morgan fingerprint density at radius 1 is 1.46 bits per heavy atom. The number of pyridine rings is 1. The molecule has 68 valence electrons. The molecule has 0 aliphatic rings. The zero-order valence-electron chi connectivity index (χ0n) is 7.70. The van der Waals surface area contributed by atoms with Crippen molar-refractivity contribution in [1.29, 1.82) is 0 Å². The van der Waals surface area contributed by atoms with Crippen LogP contribution in [0.1, 0.15) is 19.0 Å². The third-order valence-corrected chi connectivity index (χ3v) is 2.10. The maximum atomic E-state index is 5.62. The average molecular weight is 175 g/mol. The Balaban J connectivity index is 2.60. The monoisotopic (exact) mass is 175 g/mol. The van der Waals surface area contributed by atoms with Gasteiger partial charge in [0.1, 0.15) is 11.5 Å². The Hall–Kier alpha value is -1.51. The van der Waals surface area contributed by atoms with Crippen molar-refractivity contribution in [1.82, 2.24) is 9.38 Å². The highest BCUT2D eigenvalue weighted by atomic mass is 15.0. The second kappa shape index (κ2) is 3.09. The zero-order valence-corrected chi connectivity index (χ0v) is 7.70. The second-order valence-electron chi connectivity index (χ2n) is 3.16. The summed E-state index contributed by atoms with van der Waals surface area (Å²) in [6.45, 7) is 2.17. The van der Waals surface area contributed by atoms with Crippen molar-refractivity contribution < 1.29 is 0 Å². The standard InChI is InChI=1S/C10H13N3/c1-2-4-8-5-3-6-10-12-9(11)7-13(8)10/h3,5-7H,2,4,11H2,1H3. The van der Waals surface area contributed by atoms with Crippen LogP contribution in [0.25, 0.3) is 5.65 Å². The Morgan fingerprint density at radius 3 is 3.08 bits per heavy atom. The Kier molecular flexibility index (Phi) is 1.93. The molecule has 0 radical (unpaired) electrons. The minimum absolute atomic E-state index is 0.587. The molecule has 0 unspecified atom stereocenters. The van der Waals surface area contributed by atoms with Crippen LogP contribution >= 0.6 is 0 Å². The van der Waals surface area contributed by atoms with Gasteiger partial charge in [-0.05, 0) is 18.6 Å². The lowest BCUT2D eigenvalue weighted by atomic mass is 10.2. The van der Waals surface area contributed by atoms with Crippen LogP contribution in [0.15, 0.2) is 24.4 Å². The summed E-state index contributed by atoms with van der Waals surface area (Å²) >= 11 is 0. The third-order valence-electron chi connectivity index (χ3n) is 2.10. The molecule has 0 saturated heterocycles. The molecule has 0 atom stereocenters. The molecule has 2 aromatic rings. The lowest BCUT2D eigenvalue weighted by Gasteiger charge is -2.01. The van der Waals surface area contributed by atoms with E-state index in [9.17, 15) is 0 Å². The van der Waals surface area contributed by atoms with E-state index in [0.29, 0.717) is 5.82 Å². The van der Waals surface area contributed by atoms with Gasteiger partial charge in [-0.1, -0.05) is 19.4 Å². The highest BCUT2D eigenvalue weighted by molar-refractivity contribution is 5.47. The second-order valence-corrected chi connectivity index (χ2v) is 3.16. The number of nitrogens with two attached hydrogens (primary N) is 1. The maximum absolute atomic E-state index is 5.62. The number of nitrogens with zero attached hydrogens (tertiary/aromatic N) is 2. The van der Waals surface area contributed by atoms with Crippen LogP contribution in [0, 0.1) is 0 Å². The summed E-state index contributed by atoms with van der Waals surface area (Å²) in [4.78, 5) is 4.20. The van der Waals surface area contributed by atoms with Gasteiger partial charge >= 0.3 is 0 Å². The first kappa shape index (κ1) is 8.10. The molecular weight excluding hydrogens is 162 g/mol. The molecule has 2 heterocycles. The van der Waals surface area contributed by atoms with E-state index in [0.717, 1.165) is 18.5 Å². The third kappa shape index (κ3) is 1.37. The highest BCUT2D eigenvalue weighted by Crippen LogP contribution is 2.11. The fourth-order valence-corrected chi connectivity index (χ4v) is 1.55. The molecule has 3 heteroatoms. The molecule has 13 heavy (non-hydrogen) atoms. The first-order chi connectivity index (χ1) is 6.31. The normalized spacial score (nSPS) is 10.8. The van der Waals surface area contributed by atoms with Crippen molar-refractivity contribution in [3.8, 4) is 0 Å². The Morgan fingerprint density at radius 2 is 2.31 bits per heavy atom. The van der Waals surface area contributed by atoms with E-state index in [4.69, 9.17) is 5.73 Å². The van der Waals surface area contributed by atoms with Crippen LogP contribution in [-0.4, -0.2) is 9.38 Å². The first-order valence-electron chi connectivity index (χ1n) is 4.53. The summed E-state index contributed by atoms with van der Waals surface area (Å²) < 4.78 is 2.05. The van der Waals surface area contributed by atoms with Gasteiger partial charge in [-0.3, -0.25) is 0 Å². The SMILES string of the molecule is CCCc1cccc2nc(N)cn12. The highest BCUT2D eigenvalue weighted by Gasteiger charge is 2.01. The average Bonchev–Trinajstić information content (AvgIpc) is 2.47. The molecular formula is C10H13N3. The van der Waals surface area contributed by atoms with Gasteiger partial charge < -0.3 is 10.1 Å². The lowest BCUT2D eigenvalue weighted by Crippen LogP contribution is -1.94. The minimum Gasteiger partial charge on any atom is -0.382 e. The predicted octanol–water partition coefficient (Wildman–Crippen LogP) is 1.87. The van der Waals surface area contributed by atoms with E-state index in [-0.39, 0.29) is 0 Å². The molecule has 0 bridgehead atoms. The van der Waals surface area contributed by atoms with Gasteiger partial charge in [0.05, 0.1) is 6.20 Å². The topological polar surface area (TPSA) is 43.3 Å². The summed E-state index contributed by atoms with van der Waals surface area (Å²) in [7, 11) is 0. The summed E-state index contributed by atoms with van der Waals surface area (Å²) in [5.74, 6) is 0.587. The number of aromatic nitrogens is 2. The number of hydrogen-bond donors (Lipinski definition) is 1. The largest absolute Gasteiger partial charge is 0.382 e. The zero-order chi connectivity index (χ0) is 9.26. The van der Waals surface area contributed by atoms with Crippen molar-refractivity contribution in [2.24, 2.45) is 0 Å². The quantitative estimate of drug-likeness (QED) is 0.757. The number of rotatable bonds is 2. The molecule has 0 spiro atoms. The molecule has 0 amide bonds. The molecule has 0 saturated carbocycles. The van der Waals surface area contributed by atoms with Crippen LogP contribution in [0.3, 0.4) is 0 Å². The molecule has 3 nitrogen and oxygen atoms in total. The molecule has 0 aliphatic carbocycles. The fourth-order valence-electron chi connectivity index (χ4n) is 1.55. The summed E-state index contributed by atoms with van der Waals surface area (Å²) in [5, 5.41) is 0. The molecule has 2 N–H and O–H groups in total. The van der Waals surface area contributed by atoms with Crippen LogP contribution in [0.2, 0.25) is 0 Å². The van der Waals surface area contributed by atoms with Crippen LogP contribution < -0.4 is 5.73 Å². The number of anilines is 1. The number of fused-ring (bicyclic) bond motifs is 1. The maximum Gasteiger partial charge on any atom is 0.142 e. The smallest absolute Gasteiger partial charge is 0.142 e. The Bertz CT molecular complexity index is 417. The molecule has 0 aliphatic heterocycles. The van der Waals surface area contributed by atoms with Crippen molar-refractivity contribution in [2.75, 3.05) is 5.73 Å². The van der Waals surface area contributed by atoms with E-state index < -0.39 is 0 Å². The number of imidazole rings is 1. The number of hydrogen-bond acceptors (Lipinski definition) is 2. The van der Waals surface area contributed by atoms with E-state index in [2.05, 4.69) is 22.4 Å². The van der Waals surface area contributed by atoms with E-state index in [1.54, 1.807) is 0 Å². The van der Waals surface area contributed by atoms with Crippen LogP contribution in [0.5, 0.6) is 0 Å². The van der Waals surface area contributed by atoms with Crippen molar-refractivity contribution in [2.45, 2.75) is 19.8 Å². The summed E-state index contributed by atoms with van der Waals surface area (Å²) in [6, 6.07) is 6.10. The minimum atomic E-state index is 0.587. The fraction of sp³-hybridized carbons (Fsp3) is 0.300. The van der Waals surface area contributed by atoms with Gasteiger partial charge in [0, 0.05) is 5.69 Å². The summed E-state index contributed by atoms with van der Waals surface area (Å²) in [6.07, 6.45) is 4.07. The number of nitrogen functional groups attached to an aromatic ring is 1. The Labute approximate surface area is 77.2 Å². The van der Waals surface area contributed by atoms with Gasteiger partial charge in [-0.25, -0.2) is 4.98 Å². The van der Waals surface area contributed by atoms with Crippen LogP contribution in [-0.2, 0) is 6.42 Å². The van der Waals surface area contributed by atoms with Gasteiger partial charge in [-0.2, -0.15) is 0 Å². The van der Waals surface area contributed by atoms with Crippen LogP contribution in [0.4, 0.5) is 5.82 Å². The van der Waals surface area contributed by atoms with E-state index in [1.807, 2.05) is 18.3 Å². The van der Waals surface area contributed by atoms with Gasteiger partial charge in [-0.15, -0.1) is 0 Å². The van der Waals surface area contributed by atoms with Gasteiger partial charge in [0.25, 0.3) is 0 Å². The molecule has 0 fully saturated rings. The molecule has 2 aromatic heterocycles. The predicted molar refractivity (Wildman–Crippen MR) is 53.6 cm³/mol. The number of aryl methyl sites for hydroxylation is 1. The van der Waals surface area contributed by atoms with E-state index in [1.165, 1.54) is 5.69 Å². The molecule has 0 aromatic carbocycles. The van der Waals surface area contributed by atoms with Crippen molar-refractivity contribution in [3.63, 3.8) is 0 Å². The van der Waals surface area contributed by atoms with E-state index >= 15 is 0 Å². The molecule has 2 rings (SSSR count). The van der Waals surface area contributed by atoms with Crippen molar-refractivity contribution >= 4 is 11.5 Å².